The van der Waals surface area contributed by atoms with Crippen molar-refractivity contribution in [1.82, 2.24) is 9.72 Å². The lowest BCUT2D eigenvalue weighted by Crippen LogP contribution is -2.17. The van der Waals surface area contributed by atoms with Crippen molar-refractivity contribution in [3.8, 4) is 0 Å². The van der Waals surface area contributed by atoms with Crippen molar-refractivity contribution >= 4 is 10.9 Å². The molecule has 2 aromatic heterocycles. The van der Waals surface area contributed by atoms with E-state index in [1.165, 1.54) is 6.26 Å². The molecule has 62 valence electrons. The first kappa shape index (κ1) is 7.09. The van der Waals surface area contributed by atoms with Crippen LogP contribution in [-0.2, 0) is 7.05 Å². The number of aryl methyl sites for hydroxylation is 1. The number of pyridine rings is 1. The zero-order valence-corrected chi connectivity index (χ0v) is 6.87. The van der Waals surface area contributed by atoms with E-state index < -0.39 is 0 Å². The molecular formula is C8H8N2O2. The second-order valence-corrected chi connectivity index (χ2v) is 2.76. The molecule has 2 aromatic rings. The zero-order chi connectivity index (χ0) is 8.72. The number of hydrogen-bond donors (Lipinski definition) is 0. The largest absolute Gasteiger partial charge is 0.363 e. The lowest BCUT2D eigenvalue weighted by Gasteiger charge is -2.00. The van der Waals surface area contributed by atoms with Crippen LogP contribution in [0.5, 0.6) is 0 Å². The Morgan fingerprint density at radius 2 is 2.33 bits per heavy atom. The molecule has 4 heteroatoms. The number of rotatable bonds is 0. The number of aromatic nitrogens is 2. The van der Waals surface area contributed by atoms with E-state index in [4.69, 9.17) is 4.52 Å². The second kappa shape index (κ2) is 2.20. The van der Waals surface area contributed by atoms with Crippen LogP contribution in [0.1, 0.15) is 5.69 Å². The molecule has 0 bridgehead atoms. The molecule has 0 spiro atoms. The highest BCUT2D eigenvalue weighted by molar-refractivity contribution is 5.76. The van der Waals surface area contributed by atoms with Crippen LogP contribution in [0.3, 0.4) is 0 Å². The van der Waals surface area contributed by atoms with Gasteiger partial charge in [-0.05, 0) is 13.0 Å². The van der Waals surface area contributed by atoms with Crippen LogP contribution < -0.4 is 5.56 Å². The Kier molecular flexibility index (Phi) is 1.30. The van der Waals surface area contributed by atoms with E-state index in [1.807, 2.05) is 13.0 Å². The molecule has 0 radical (unpaired) electrons. The van der Waals surface area contributed by atoms with E-state index in [0.717, 1.165) is 5.69 Å². The average molecular weight is 164 g/mol. The van der Waals surface area contributed by atoms with Crippen LogP contribution in [0.15, 0.2) is 21.6 Å². The van der Waals surface area contributed by atoms with Gasteiger partial charge in [-0.3, -0.25) is 4.79 Å². The van der Waals surface area contributed by atoms with Crippen LogP contribution in [0.4, 0.5) is 0 Å². The van der Waals surface area contributed by atoms with Gasteiger partial charge < -0.3 is 9.09 Å². The summed E-state index contributed by atoms with van der Waals surface area (Å²) >= 11 is 0. The number of nitrogens with zero attached hydrogens (tertiary/aromatic N) is 2. The minimum Gasteiger partial charge on any atom is -0.363 e. The molecule has 2 heterocycles. The molecule has 0 amide bonds. The highest BCUT2D eigenvalue weighted by Crippen LogP contribution is 2.07. The summed E-state index contributed by atoms with van der Waals surface area (Å²) in [6.07, 6.45) is 1.37. The molecule has 0 fully saturated rings. The molecule has 0 atom stereocenters. The van der Waals surface area contributed by atoms with Crippen LogP contribution in [0.25, 0.3) is 10.9 Å². The quantitative estimate of drug-likeness (QED) is 0.579. The highest BCUT2D eigenvalue weighted by atomic mass is 16.5. The maximum atomic E-state index is 11.5. The first-order valence-electron chi connectivity index (χ1n) is 3.61. The average Bonchev–Trinajstić information content (AvgIpc) is 2.48. The van der Waals surface area contributed by atoms with E-state index >= 15 is 0 Å². The predicted octanol–water partition coefficient (Wildman–Crippen LogP) is 0.835. The first-order valence-corrected chi connectivity index (χ1v) is 3.61. The van der Waals surface area contributed by atoms with Crippen molar-refractivity contribution in [2.24, 2.45) is 7.05 Å². The van der Waals surface area contributed by atoms with Crippen LogP contribution in [0, 0.1) is 6.92 Å². The molecule has 12 heavy (non-hydrogen) atoms. The Labute approximate surface area is 68.4 Å². The molecule has 0 N–H and O–H groups in total. The third-order valence-electron chi connectivity index (χ3n) is 2.01. The third-order valence-corrected chi connectivity index (χ3v) is 2.01. The van der Waals surface area contributed by atoms with E-state index in [0.29, 0.717) is 10.9 Å². The molecule has 4 nitrogen and oxygen atoms in total. The molecule has 0 unspecified atom stereocenters. The second-order valence-electron chi connectivity index (χ2n) is 2.76. The predicted molar refractivity (Wildman–Crippen MR) is 44.0 cm³/mol. The standard InChI is InChI=1S/C8H8N2O2/c1-5-3-7-6(4-12-9-7)8(11)10(5)2/h3-4H,1-2H3. The van der Waals surface area contributed by atoms with Gasteiger partial charge in [0.25, 0.3) is 5.56 Å². The van der Waals surface area contributed by atoms with Gasteiger partial charge in [-0.1, -0.05) is 5.16 Å². The van der Waals surface area contributed by atoms with Crippen molar-refractivity contribution in [1.29, 1.82) is 0 Å². The van der Waals surface area contributed by atoms with Gasteiger partial charge in [-0.2, -0.15) is 0 Å². The van der Waals surface area contributed by atoms with Crippen LogP contribution in [0.2, 0.25) is 0 Å². The fraction of sp³-hybridized carbons (Fsp3) is 0.250. The van der Waals surface area contributed by atoms with Gasteiger partial charge >= 0.3 is 0 Å². The minimum atomic E-state index is -0.0637. The third kappa shape index (κ3) is 0.777. The Morgan fingerprint density at radius 3 is 3.08 bits per heavy atom. The minimum absolute atomic E-state index is 0.0637. The Bertz CT molecular complexity index is 481. The fourth-order valence-corrected chi connectivity index (χ4v) is 1.14. The lowest BCUT2D eigenvalue weighted by atomic mass is 10.3. The van der Waals surface area contributed by atoms with Crippen molar-refractivity contribution in [3.05, 3.63) is 28.4 Å². The van der Waals surface area contributed by atoms with Gasteiger partial charge in [-0.25, -0.2) is 0 Å². The Balaban J connectivity index is 3.05. The van der Waals surface area contributed by atoms with Crippen LogP contribution in [-0.4, -0.2) is 9.72 Å². The maximum Gasteiger partial charge on any atom is 0.263 e. The van der Waals surface area contributed by atoms with Gasteiger partial charge in [0.05, 0.1) is 0 Å². The molecule has 0 saturated heterocycles. The summed E-state index contributed by atoms with van der Waals surface area (Å²) in [5, 5.41) is 4.22. The molecule has 0 aliphatic rings. The van der Waals surface area contributed by atoms with Gasteiger partial charge in [0.1, 0.15) is 17.2 Å². The molecule has 0 aromatic carbocycles. The van der Waals surface area contributed by atoms with Gasteiger partial charge in [0.15, 0.2) is 0 Å². The van der Waals surface area contributed by atoms with Crippen molar-refractivity contribution in [3.63, 3.8) is 0 Å². The fourth-order valence-electron chi connectivity index (χ4n) is 1.14. The SMILES string of the molecule is Cc1cc2nocc2c(=O)n1C. The van der Waals surface area contributed by atoms with E-state index in [2.05, 4.69) is 5.16 Å². The summed E-state index contributed by atoms with van der Waals surface area (Å²) in [6, 6.07) is 1.82. The van der Waals surface area contributed by atoms with E-state index in [1.54, 1.807) is 11.6 Å². The van der Waals surface area contributed by atoms with Crippen molar-refractivity contribution in [2.45, 2.75) is 6.92 Å². The van der Waals surface area contributed by atoms with Crippen LogP contribution >= 0.6 is 0 Å². The Hall–Kier alpha value is -1.58. The normalized spacial score (nSPS) is 10.8. The highest BCUT2D eigenvalue weighted by Gasteiger charge is 2.05. The summed E-state index contributed by atoms with van der Waals surface area (Å²) in [6.45, 7) is 1.86. The van der Waals surface area contributed by atoms with E-state index in [9.17, 15) is 4.79 Å². The molecule has 2 rings (SSSR count). The van der Waals surface area contributed by atoms with E-state index in [-0.39, 0.29) is 5.56 Å². The zero-order valence-electron chi connectivity index (χ0n) is 6.87. The van der Waals surface area contributed by atoms with Crippen molar-refractivity contribution in [2.75, 3.05) is 0 Å². The molecule has 0 saturated carbocycles. The smallest absolute Gasteiger partial charge is 0.263 e. The topological polar surface area (TPSA) is 48.0 Å². The molecule has 0 aliphatic carbocycles. The monoisotopic (exact) mass is 164 g/mol. The summed E-state index contributed by atoms with van der Waals surface area (Å²) in [5.74, 6) is 0. The summed E-state index contributed by atoms with van der Waals surface area (Å²) in [4.78, 5) is 11.5. The maximum absolute atomic E-state index is 11.5. The van der Waals surface area contributed by atoms with Gasteiger partial charge in [0.2, 0.25) is 0 Å². The molecule has 0 aliphatic heterocycles. The number of fused-ring (bicyclic) bond motifs is 1. The number of hydrogen-bond acceptors (Lipinski definition) is 3. The van der Waals surface area contributed by atoms with Gasteiger partial charge in [-0.15, -0.1) is 0 Å². The van der Waals surface area contributed by atoms with Gasteiger partial charge in [0, 0.05) is 12.7 Å². The molecular weight excluding hydrogens is 156 g/mol. The Morgan fingerprint density at radius 1 is 1.58 bits per heavy atom. The lowest BCUT2D eigenvalue weighted by molar-refractivity contribution is 0.428. The summed E-state index contributed by atoms with van der Waals surface area (Å²) in [5.41, 5.74) is 1.43. The summed E-state index contributed by atoms with van der Waals surface area (Å²) in [7, 11) is 1.73. The first-order chi connectivity index (χ1) is 5.70. The van der Waals surface area contributed by atoms with Crippen molar-refractivity contribution < 1.29 is 4.52 Å². The summed E-state index contributed by atoms with van der Waals surface area (Å²) < 4.78 is 6.26.